The van der Waals surface area contributed by atoms with Crippen LogP contribution in [-0.2, 0) is 16.0 Å². The minimum Gasteiger partial charge on any atom is -0.354 e. The number of rotatable bonds is 5. The van der Waals surface area contributed by atoms with Gasteiger partial charge in [0.25, 0.3) is 0 Å². The first-order valence-electron chi connectivity index (χ1n) is 7.71. The molecular weight excluding hydrogens is 264 g/mol. The highest BCUT2D eigenvalue weighted by molar-refractivity contribution is 5.88. The van der Waals surface area contributed by atoms with E-state index in [4.69, 9.17) is 0 Å². The fourth-order valence-electron chi connectivity index (χ4n) is 2.73. The number of carbonyl (C=O) groups excluding carboxylic acids is 2. The van der Waals surface area contributed by atoms with E-state index in [0.29, 0.717) is 13.1 Å². The van der Waals surface area contributed by atoms with Gasteiger partial charge in [-0.1, -0.05) is 44.2 Å². The molecule has 21 heavy (non-hydrogen) atoms. The Morgan fingerprint density at radius 3 is 2.67 bits per heavy atom. The molecule has 1 heterocycles. The zero-order valence-corrected chi connectivity index (χ0v) is 12.8. The van der Waals surface area contributed by atoms with Crippen LogP contribution >= 0.6 is 0 Å². The van der Waals surface area contributed by atoms with Crippen molar-refractivity contribution in [2.45, 2.75) is 39.2 Å². The van der Waals surface area contributed by atoms with Crippen LogP contribution in [0.1, 0.15) is 32.3 Å². The zero-order valence-electron chi connectivity index (χ0n) is 12.8. The predicted molar refractivity (Wildman–Crippen MR) is 82.7 cm³/mol. The summed E-state index contributed by atoms with van der Waals surface area (Å²) in [4.78, 5) is 26.1. The molecule has 4 nitrogen and oxygen atoms in total. The Bertz CT molecular complexity index is 485. The molecule has 1 N–H and O–H groups in total. The average molecular weight is 288 g/mol. The molecule has 1 fully saturated rings. The molecule has 4 heteroatoms. The molecule has 0 saturated carbocycles. The van der Waals surface area contributed by atoms with Crippen LogP contribution in [0.25, 0.3) is 0 Å². The molecular formula is C17H24N2O2. The van der Waals surface area contributed by atoms with E-state index in [1.807, 2.05) is 32.0 Å². The van der Waals surface area contributed by atoms with E-state index in [2.05, 4.69) is 17.4 Å². The fourth-order valence-corrected chi connectivity index (χ4v) is 2.73. The number of nitrogens with one attached hydrogen (secondary N) is 1. The van der Waals surface area contributed by atoms with E-state index >= 15 is 0 Å². The van der Waals surface area contributed by atoms with Crippen LogP contribution in [0.2, 0.25) is 0 Å². The summed E-state index contributed by atoms with van der Waals surface area (Å²) in [6.45, 7) is 5.08. The Morgan fingerprint density at radius 1 is 1.29 bits per heavy atom. The predicted octanol–water partition coefficient (Wildman–Crippen LogP) is 1.99. The largest absolute Gasteiger partial charge is 0.354 e. The zero-order chi connectivity index (χ0) is 15.2. The summed E-state index contributed by atoms with van der Waals surface area (Å²) in [5, 5.41) is 2.96. The first-order chi connectivity index (χ1) is 10.1. The molecule has 1 aromatic carbocycles. The van der Waals surface area contributed by atoms with Gasteiger partial charge in [0.1, 0.15) is 6.04 Å². The van der Waals surface area contributed by atoms with Gasteiger partial charge < -0.3 is 10.2 Å². The highest BCUT2D eigenvalue weighted by Gasteiger charge is 2.34. The molecule has 1 atom stereocenters. The third kappa shape index (κ3) is 4.06. The first-order valence-corrected chi connectivity index (χ1v) is 7.71. The van der Waals surface area contributed by atoms with Crippen LogP contribution in [0.5, 0.6) is 0 Å². The van der Waals surface area contributed by atoms with Gasteiger partial charge in [0, 0.05) is 19.0 Å². The summed E-state index contributed by atoms with van der Waals surface area (Å²) in [5.41, 5.74) is 1.21. The number of benzene rings is 1. The van der Waals surface area contributed by atoms with E-state index < -0.39 is 0 Å². The molecule has 0 aliphatic carbocycles. The summed E-state index contributed by atoms with van der Waals surface area (Å²) in [6.07, 6.45) is 2.50. The molecule has 0 aromatic heterocycles. The van der Waals surface area contributed by atoms with Crippen LogP contribution in [-0.4, -0.2) is 35.8 Å². The van der Waals surface area contributed by atoms with Gasteiger partial charge in [-0.2, -0.15) is 0 Å². The van der Waals surface area contributed by atoms with Gasteiger partial charge in [0.2, 0.25) is 11.8 Å². The quantitative estimate of drug-likeness (QED) is 0.901. The first kappa shape index (κ1) is 15.5. The monoisotopic (exact) mass is 288 g/mol. The maximum atomic E-state index is 12.3. The van der Waals surface area contributed by atoms with E-state index in [-0.39, 0.29) is 23.8 Å². The number of carbonyl (C=O) groups is 2. The van der Waals surface area contributed by atoms with Crippen molar-refractivity contribution in [1.29, 1.82) is 0 Å². The van der Waals surface area contributed by atoms with Gasteiger partial charge in [0.15, 0.2) is 0 Å². The second kappa shape index (κ2) is 7.25. The standard InChI is InChI=1S/C17H24N2O2/c1-13(2)17(21)19-12-6-9-15(19)16(20)18-11-10-14-7-4-3-5-8-14/h3-5,7-8,13,15H,6,9-12H2,1-2H3,(H,18,20)/t15-/m0/s1. The molecule has 0 radical (unpaired) electrons. The number of likely N-dealkylation sites (tertiary alicyclic amines) is 1. The lowest BCUT2D eigenvalue weighted by Gasteiger charge is -2.25. The lowest BCUT2D eigenvalue weighted by Crippen LogP contribution is -2.47. The van der Waals surface area contributed by atoms with E-state index in [1.54, 1.807) is 4.90 Å². The molecule has 1 aromatic rings. The minimum atomic E-state index is -0.282. The van der Waals surface area contributed by atoms with Crippen molar-refractivity contribution in [2.75, 3.05) is 13.1 Å². The van der Waals surface area contributed by atoms with Crippen molar-refractivity contribution in [1.82, 2.24) is 10.2 Å². The Hall–Kier alpha value is -1.84. The molecule has 0 spiro atoms. The van der Waals surface area contributed by atoms with E-state index in [1.165, 1.54) is 5.56 Å². The van der Waals surface area contributed by atoms with Crippen molar-refractivity contribution >= 4 is 11.8 Å². The molecule has 0 unspecified atom stereocenters. The van der Waals surface area contributed by atoms with Crippen LogP contribution in [0, 0.1) is 5.92 Å². The van der Waals surface area contributed by atoms with Gasteiger partial charge in [-0.05, 0) is 24.8 Å². The van der Waals surface area contributed by atoms with Crippen molar-refractivity contribution in [3.05, 3.63) is 35.9 Å². The minimum absolute atomic E-state index is 0.0163. The van der Waals surface area contributed by atoms with Crippen molar-refractivity contribution < 1.29 is 9.59 Å². The molecule has 1 aliphatic heterocycles. The number of amides is 2. The summed E-state index contributed by atoms with van der Waals surface area (Å²) < 4.78 is 0. The lowest BCUT2D eigenvalue weighted by atomic mass is 10.1. The van der Waals surface area contributed by atoms with Crippen LogP contribution in [0.3, 0.4) is 0 Å². The Kier molecular flexibility index (Phi) is 5.37. The van der Waals surface area contributed by atoms with Gasteiger partial charge in [-0.25, -0.2) is 0 Å². The third-order valence-electron chi connectivity index (χ3n) is 3.89. The number of hydrogen-bond acceptors (Lipinski definition) is 2. The fraction of sp³-hybridized carbons (Fsp3) is 0.529. The second-order valence-corrected chi connectivity index (χ2v) is 5.87. The van der Waals surface area contributed by atoms with Gasteiger partial charge in [-0.15, -0.1) is 0 Å². The molecule has 2 amide bonds. The number of hydrogen-bond donors (Lipinski definition) is 1. The molecule has 114 valence electrons. The average Bonchev–Trinajstić information content (AvgIpc) is 2.96. The van der Waals surface area contributed by atoms with Crippen LogP contribution in [0.4, 0.5) is 0 Å². The summed E-state index contributed by atoms with van der Waals surface area (Å²) in [5.74, 6) is 0.0101. The Balaban J connectivity index is 1.83. The SMILES string of the molecule is CC(C)C(=O)N1CCC[C@H]1C(=O)NCCc1ccccc1. The van der Waals surface area contributed by atoms with Crippen LogP contribution in [0.15, 0.2) is 30.3 Å². The Morgan fingerprint density at radius 2 is 2.00 bits per heavy atom. The maximum Gasteiger partial charge on any atom is 0.242 e. The van der Waals surface area contributed by atoms with Crippen molar-refractivity contribution in [3.8, 4) is 0 Å². The topological polar surface area (TPSA) is 49.4 Å². The van der Waals surface area contributed by atoms with Crippen molar-refractivity contribution in [2.24, 2.45) is 5.92 Å². The highest BCUT2D eigenvalue weighted by atomic mass is 16.2. The van der Waals surface area contributed by atoms with Gasteiger partial charge >= 0.3 is 0 Å². The number of nitrogens with zero attached hydrogens (tertiary/aromatic N) is 1. The molecule has 2 rings (SSSR count). The Labute approximate surface area is 126 Å². The lowest BCUT2D eigenvalue weighted by molar-refractivity contribution is -0.140. The second-order valence-electron chi connectivity index (χ2n) is 5.87. The summed E-state index contributed by atoms with van der Waals surface area (Å²) in [6, 6.07) is 9.80. The van der Waals surface area contributed by atoms with Gasteiger partial charge in [-0.3, -0.25) is 9.59 Å². The maximum absolute atomic E-state index is 12.3. The van der Waals surface area contributed by atoms with Crippen LogP contribution < -0.4 is 5.32 Å². The highest BCUT2D eigenvalue weighted by Crippen LogP contribution is 2.19. The van der Waals surface area contributed by atoms with Gasteiger partial charge in [0.05, 0.1) is 0 Å². The summed E-state index contributed by atoms with van der Waals surface area (Å²) in [7, 11) is 0. The molecule has 0 bridgehead atoms. The summed E-state index contributed by atoms with van der Waals surface area (Å²) >= 11 is 0. The third-order valence-corrected chi connectivity index (χ3v) is 3.89. The van der Waals surface area contributed by atoms with Crippen molar-refractivity contribution in [3.63, 3.8) is 0 Å². The normalized spacial score (nSPS) is 18.0. The van der Waals surface area contributed by atoms with E-state index in [0.717, 1.165) is 19.3 Å². The molecule has 1 aliphatic rings. The van der Waals surface area contributed by atoms with E-state index in [9.17, 15) is 9.59 Å². The molecule has 1 saturated heterocycles. The smallest absolute Gasteiger partial charge is 0.242 e.